The van der Waals surface area contributed by atoms with Crippen LogP contribution in [0, 0.1) is 11.6 Å². The molecule has 0 radical (unpaired) electrons. The van der Waals surface area contributed by atoms with Crippen molar-refractivity contribution in [2.24, 2.45) is 0 Å². The molecule has 1 aliphatic rings. The van der Waals surface area contributed by atoms with Crippen molar-refractivity contribution in [3.63, 3.8) is 0 Å². The number of halogens is 2. The number of rotatable bonds is 3. The third-order valence-corrected chi connectivity index (χ3v) is 3.71. The molecule has 0 spiro atoms. The van der Waals surface area contributed by atoms with Crippen LogP contribution in [-0.4, -0.2) is 16.7 Å². The fourth-order valence-electron chi connectivity index (χ4n) is 2.56. The molecule has 1 aromatic heterocycles. The Morgan fingerprint density at radius 3 is 3.00 bits per heavy atom. The van der Waals surface area contributed by atoms with Crippen molar-refractivity contribution in [2.45, 2.75) is 38.1 Å². The zero-order valence-electron chi connectivity index (χ0n) is 11.6. The Bertz CT molecular complexity index is 607. The molecule has 1 aliphatic heterocycles. The minimum Gasteiger partial charge on any atom is -0.339 e. The van der Waals surface area contributed by atoms with Gasteiger partial charge in [0.25, 0.3) is 0 Å². The Morgan fingerprint density at radius 1 is 1.24 bits per heavy atom. The first kappa shape index (κ1) is 14.1. The summed E-state index contributed by atoms with van der Waals surface area (Å²) in [6.07, 6.45) is 4.64. The summed E-state index contributed by atoms with van der Waals surface area (Å²) in [6, 6.07) is 3.59. The van der Waals surface area contributed by atoms with E-state index < -0.39 is 11.6 Å². The normalized spacial score (nSPS) is 19.4. The molecule has 0 aliphatic carbocycles. The maximum atomic E-state index is 13.6. The predicted molar refractivity (Wildman–Crippen MR) is 72.7 cm³/mol. The Balaban J connectivity index is 1.72. The molecular weight excluding hydrogens is 276 g/mol. The molecule has 2 aromatic rings. The molecule has 1 aromatic carbocycles. The third kappa shape index (κ3) is 3.44. The van der Waals surface area contributed by atoms with E-state index in [-0.39, 0.29) is 12.5 Å². The van der Waals surface area contributed by atoms with E-state index >= 15 is 0 Å². The first-order chi connectivity index (χ1) is 10.2. The molecule has 112 valence electrons. The monoisotopic (exact) mass is 293 g/mol. The second-order valence-electron chi connectivity index (χ2n) is 5.31. The first-order valence-electron chi connectivity index (χ1n) is 7.22. The molecule has 21 heavy (non-hydrogen) atoms. The number of nitrogens with zero attached hydrogens (tertiary/aromatic N) is 2. The molecule has 2 heterocycles. The molecule has 0 bridgehead atoms. The van der Waals surface area contributed by atoms with E-state index in [4.69, 9.17) is 4.52 Å². The molecular formula is C15H17F2N3O. The molecule has 1 atom stereocenters. The van der Waals surface area contributed by atoms with Gasteiger partial charge in [-0.2, -0.15) is 4.98 Å². The lowest BCUT2D eigenvalue weighted by Gasteiger charge is -2.09. The van der Waals surface area contributed by atoms with Gasteiger partial charge in [0.2, 0.25) is 5.89 Å². The smallest absolute Gasteiger partial charge is 0.231 e. The molecule has 0 saturated carbocycles. The highest BCUT2D eigenvalue weighted by Crippen LogP contribution is 2.21. The van der Waals surface area contributed by atoms with E-state index in [1.165, 1.54) is 18.6 Å². The average Bonchev–Trinajstić information content (AvgIpc) is 2.75. The van der Waals surface area contributed by atoms with Gasteiger partial charge in [0, 0.05) is 6.07 Å². The summed E-state index contributed by atoms with van der Waals surface area (Å²) >= 11 is 0. The van der Waals surface area contributed by atoms with Gasteiger partial charge in [-0.05, 0) is 31.0 Å². The fourth-order valence-corrected chi connectivity index (χ4v) is 2.56. The molecule has 4 nitrogen and oxygen atoms in total. The Morgan fingerprint density at radius 2 is 2.14 bits per heavy atom. The number of aromatic nitrogens is 2. The zero-order chi connectivity index (χ0) is 14.7. The maximum Gasteiger partial charge on any atom is 0.231 e. The van der Waals surface area contributed by atoms with Crippen LogP contribution in [0.3, 0.4) is 0 Å². The quantitative estimate of drug-likeness (QED) is 0.944. The second kappa shape index (κ2) is 6.30. The summed E-state index contributed by atoms with van der Waals surface area (Å²) in [5.41, 5.74) is 0.348. The van der Waals surface area contributed by atoms with Crippen molar-refractivity contribution in [1.82, 2.24) is 15.5 Å². The summed E-state index contributed by atoms with van der Waals surface area (Å²) in [5.74, 6) is -0.219. The minimum atomic E-state index is -0.595. The molecule has 1 saturated heterocycles. The van der Waals surface area contributed by atoms with Gasteiger partial charge < -0.3 is 9.84 Å². The van der Waals surface area contributed by atoms with E-state index in [2.05, 4.69) is 15.5 Å². The van der Waals surface area contributed by atoms with Crippen molar-refractivity contribution in [1.29, 1.82) is 0 Å². The molecule has 0 amide bonds. The van der Waals surface area contributed by atoms with Gasteiger partial charge in [-0.1, -0.05) is 24.1 Å². The summed E-state index contributed by atoms with van der Waals surface area (Å²) in [4.78, 5) is 4.33. The third-order valence-electron chi connectivity index (χ3n) is 3.71. The summed E-state index contributed by atoms with van der Waals surface area (Å²) in [6.45, 7) is 0.946. The standard InChI is InChI=1S/C15H17F2N3O/c16-11-6-5-10(12(17)9-11)8-14-19-15(20-21-14)13-4-2-1-3-7-18-13/h5-6,9,13,18H,1-4,7-8H2. The van der Waals surface area contributed by atoms with Gasteiger partial charge >= 0.3 is 0 Å². The van der Waals surface area contributed by atoms with Crippen LogP contribution in [0.1, 0.15) is 49.0 Å². The van der Waals surface area contributed by atoms with E-state index in [1.807, 2.05) is 0 Å². The summed E-state index contributed by atoms with van der Waals surface area (Å²) < 4.78 is 31.7. The lowest BCUT2D eigenvalue weighted by atomic mass is 10.1. The number of nitrogens with one attached hydrogen (secondary N) is 1. The van der Waals surface area contributed by atoms with Crippen LogP contribution < -0.4 is 5.32 Å². The zero-order valence-corrected chi connectivity index (χ0v) is 11.6. The van der Waals surface area contributed by atoms with Crippen LogP contribution >= 0.6 is 0 Å². The van der Waals surface area contributed by atoms with Gasteiger partial charge in [-0.25, -0.2) is 8.78 Å². The van der Waals surface area contributed by atoms with E-state index in [0.29, 0.717) is 17.3 Å². The van der Waals surface area contributed by atoms with Crippen LogP contribution in [0.2, 0.25) is 0 Å². The van der Waals surface area contributed by atoms with E-state index in [9.17, 15) is 8.78 Å². The average molecular weight is 293 g/mol. The molecule has 1 N–H and O–H groups in total. The summed E-state index contributed by atoms with van der Waals surface area (Å²) in [7, 11) is 0. The van der Waals surface area contributed by atoms with E-state index in [0.717, 1.165) is 31.9 Å². The van der Waals surface area contributed by atoms with E-state index in [1.54, 1.807) is 0 Å². The maximum absolute atomic E-state index is 13.6. The fraction of sp³-hybridized carbons (Fsp3) is 0.467. The van der Waals surface area contributed by atoms with Crippen molar-refractivity contribution < 1.29 is 13.3 Å². The number of hydrogen-bond acceptors (Lipinski definition) is 4. The Labute approximate surface area is 121 Å². The van der Waals surface area contributed by atoms with Crippen molar-refractivity contribution in [3.8, 4) is 0 Å². The van der Waals surface area contributed by atoms with Crippen LogP contribution in [0.5, 0.6) is 0 Å². The van der Waals surface area contributed by atoms with Crippen molar-refractivity contribution in [3.05, 3.63) is 47.1 Å². The topological polar surface area (TPSA) is 51.0 Å². The molecule has 3 rings (SSSR count). The lowest BCUT2D eigenvalue weighted by molar-refractivity contribution is 0.368. The highest BCUT2D eigenvalue weighted by Gasteiger charge is 2.20. The molecule has 1 unspecified atom stereocenters. The van der Waals surface area contributed by atoms with Crippen LogP contribution in [0.15, 0.2) is 22.7 Å². The van der Waals surface area contributed by atoms with Gasteiger partial charge in [-0.15, -0.1) is 0 Å². The Kier molecular flexibility index (Phi) is 4.24. The first-order valence-corrected chi connectivity index (χ1v) is 7.22. The van der Waals surface area contributed by atoms with Crippen molar-refractivity contribution in [2.75, 3.05) is 6.54 Å². The SMILES string of the molecule is Fc1ccc(Cc2nc(C3CCCCCN3)no2)c(F)c1. The number of benzene rings is 1. The summed E-state index contributed by atoms with van der Waals surface area (Å²) in [5, 5.41) is 7.37. The van der Waals surface area contributed by atoms with Gasteiger partial charge in [-0.3, -0.25) is 0 Å². The van der Waals surface area contributed by atoms with Gasteiger partial charge in [0.15, 0.2) is 5.82 Å². The highest BCUT2D eigenvalue weighted by atomic mass is 19.1. The van der Waals surface area contributed by atoms with Gasteiger partial charge in [0.05, 0.1) is 12.5 Å². The lowest BCUT2D eigenvalue weighted by Crippen LogP contribution is -2.21. The second-order valence-corrected chi connectivity index (χ2v) is 5.31. The predicted octanol–water partition coefficient (Wildman–Crippen LogP) is 3.14. The van der Waals surface area contributed by atoms with Crippen molar-refractivity contribution >= 4 is 0 Å². The van der Waals surface area contributed by atoms with Crippen LogP contribution in [-0.2, 0) is 6.42 Å². The highest BCUT2D eigenvalue weighted by molar-refractivity contribution is 5.21. The van der Waals surface area contributed by atoms with Crippen LogP contribution in [0.4, 0.5) is 8.78 Å². The minimum absolute atomic E-state index is 0.100. The Hall–Kier alpha value is -1.82. The largest absolute Gasteiger partial charge is 0.339 e. The number of hydrogen-bond donors (Lipinski definition) is 1. The van der Waals surface area contributed by atoms with Crippen LogP contribution in [0.25, 0.3) is 0 Å². The molecule has 1 fully saturated rings. The molecule has 6 heteroatoms. The van der Waals surface area contributed by atoms with Gasteiger partial charge in [0.1, 0.15) is 11.6 Å².